The van der Waals surface area contributed by atoms with Crippen LogP contribution >= 0.6 is 11.6 Å². The summed E-state index contributed by atoms with van der Waals surface area (Å²) in [5, 5.41) is 20.3. The Morgan fingerprint density at radius 3 is 3.09 bits per heavy atom. The van der Waals surface area contributed by atoms with Crippen molar-refractivity contribution in [2.75, 3.05) is 6.54 Å². The molecule has 2 aromatic rings. The number of hydrogen-bond donors (Lipinski definition) is 3. The molecule has 1 fully saturated rings. The van der Waals surface area contributed by atoms with Gasteiger partial charge in [-0.1, -0.05) is 23.7 Å². The Bertz CT molecular complexity index is 703. The lowest BCUT2D eigenvalue weighted by atomic mass is 10.1. The summed E-state index contributed by atoms with van der Waals surface area (Å²) in [6.07, 6.45) is 3.44. The average molecular weight is 335 g/mol. The third-order valence-electron chi connectivity index (χ3n) is 3.95. The summed E-state index contributed by atoms with van der Waals surface area (Å²) in [6.45, 7) is 0.145. The van der Waals surface area contributed by atoms with Crippen LogP contribution in [0.3, 0.4) is 0 Å². The maximum Gasteiger partial charge on any atom is 0.315 e. The number of aliphatic hydroxyl groups excluding tert-OH is 1. The fourth-order valence-electron chi connectivity index (χ4n) is 2.60. The second-order valence-electron chi connectivity index (χ2n) is 5.82. The van der Waals surface area contributed by atoms with Crippen molar-refractivity contribution in [2.24, 2.45) is 7.05 Å². The minimum Gasteiger partial charge on any atom is -0.386 e. The summed E-state index contributed by atoms with van der Waals surface area (Å²) in [7, 11) is 1.78. The Labute approximate surface area is 139 Å². The molecule has 0 aliphatic heterocycles. The minimum atomic E-state index is -0.766. The molecule has 0 radical (unpaired) electrons. The van der Waals surface area contributed by atoms with Gasteiger partial charge >= 0.3 is 6.03 Å². The highest BCUT2D eigenvalue weighted by molar-refractivity contribution is 6.30. The van der Waals surface area contributed by atoms with Gasteiger partial charge in [0.1, 0.15) is 0 Å². The van der Waals surface area contributed by atoms with Crippen LogP contribution in [0, 0.1) is 0 Å². The van der Waals surface area contributed by atoms with Crippen LogP contribution in [0.1, 0.15) is 29.6 Å². The van der Waals surface area contributed by atoms with Gasteiger partial charge in [-0.25, -0.2) is 4.79 Å². The molecule has 6 nitrogen and oxygen atoms in total. The largest absolute Gasteiger partial charge is 0.386 e. The van der Waals surface area contributed by atoms with E-state index >= 15 is 0 Å². The van der Waals surface area contributed by atoms with Crippen molar-refractivity contribution in [1.82, 2.24) is 20.4 Å². The molecular formula is C16H19ClN4O2. The number of nitrogens with zero attached hydrogens (tertiary/aromatic N) is 2. The van der Waals surface area contributed by atoms with Crippen LogP contribution in [0.25, 0.3) is 0 Å². The van der Waals surface area contributed by atoms with Gasteiger partial charge in [0.25, 0.3) is 0 Å². The third-order valence-corrected chi connectivity index (χ3v) is 4.18. The molecule has 1 aromatic carbocycles. The van der Waals surface area contributed by atoms with E-state index in [0.717, 1.165) is 12.0 Å². The smallest absolute Gasteiger partial charge is 0.315 e. The summed E-state index contributed by atoms with van der Waals surface area (Å²) in [4.78, 5) is 11.9. The molecule has 1 heterocycles. The van der Waals surface area contributed by atoms with Gasteiger partial charge in [0, 0.05) is 42.3 Å². The van der Waals surface area contributed by atoms with Gasteiger partial charge < -0.3 is 15.7 Å². The van der Waals surface area contributed by atoms with Gasteiger partial charge in [-0.3, -0.25) is 4.68 Å². The van der Waals surface area contributed by atoms with Crippen molar-refractivity contribution in [3.8, 4) is 0 Å². The maximum absolute atomic E-state index is 11.9. The second kappa shape index (κ2) is 6.60. The van der Waals surface area contributed by atoms with Crippen LogP contribution < -0.4 is 10.6 Å². The lowest BCUT2D eigenvalue weighted by molar-refractivity contribution is 0.173. The number of benzene rings is 1. The molecule has 122 valence electrons. The van der Waals surface area contributed by atoms with E-state index in [9.17, 15) is 9.90 Å². The maximum atomic E-state index is 11.9. The van der Waals surface area contributed by atoms with E-state index in [-0.39, 0.29) is 18.6 Å². The van der Waals surface area contributed by atoms with Crippen molar-refractivity contribution in [3.63, 3.8) is 0 Å². The molecule has 0 spiro atoms. The number of urea groups is 1. The van der Waals surface area contributed by atoms with Gasteiger partial charge in [-0.15, -0.1) is 0 Å². The third kappa shape index (κ3) is 4.03. The van der Waals surface area contributed by atoms with Gasteiger partial charge in [0.2, 0.25) is 0 Å². The molecule has 3 N–H and O–H groups in total. The van der Waals surface area contributed by atoms with Gasteiger partial charge in [0.05, 0.1) is 12.3 Å². The van der Waals surface area contributed by atoms with E-state index < -0.39 is 6.10 Å². The summed E-state index contributed by atoms with van der Waals surface area (Å²) in [5.74, 6) is 0.308. The molecule has 1 aromatic heterocycles. The number of nitrogens with one attached hydrogen (secondary N) is 2. The zero-order valence-corrected chi connectivity index (χ0v) is 13.5. The number of carbonyl (C=O) groups is 1. The number of amides is 2. The van der Waals surface area contributed by atoms with Crippen LogP contribution in [0.2, 0.25) is 5.02 Å². The first-order valence-electron chi connectivity index (χ1n) is 7.49. The van der Waals surface area contributed by atoms with E-state index in [2.05, 4.69) is 15.7 Å². The highest BCUT2D eigenvalue weighted by Gasteiger charge is 2.39. The quantitative estimate of drug-likeness (QED) is 0.782. The predicted octanol–water partition coefficient (Wildman–Crippen LogP) is 1.96. The highest BCUT2D eigenvalue weighted by atomic mass is 35.5. The second-order valence-corrected chi connectivity index (χ2v) is 6.26. The monoisotopic (exact) mass is 334 g/mol. The number of aromatic nitrogens is 2. The van der Waals surface area contributed by atoms with E-state index in [0.29, 0.717) is 16.5 Å². The first-order chi connectivity index (χ1) is 11.0. The number of carbonyl (C=O) groups excluding carboxylic acids is 1. The zero-order valence-electron chi connectivity index (χ0n) is 12.7. The van der Waals surface area contributed by atoms with E-state index in [4.69, 9.17) is 11.6 Å². The fourth-order valence-corrected chi connectivity index (χ4v) is 2.80. The van der Waals surface area contributed by atoms with Gasteiger partial charge in [-0.05, 0) is 24.1 Å². The summed E-state index contributed by atoms with van der Waals surface area (Å²) >= 11 is 5.98. The lowest BCUT2D eigenvalue weighted by Crippen LogP contribution is -2.39. The number of halogens is 1. The van der Waals surface area contributed by atoms with Crippen molar-refractivity contribution in [3.05, 3.63) is 52.8 Å². The standard InChI is InChI=1S/C16H19ClN4O2/c1-21-9-11(7-19-21)15(22)8-18-16(23)20-14-6-13(14)10-3-2-4-12(17)5-10/h2-5,7,9,13-15,22H,6,8H2,1H3,(H2,18,20,23). The molecule has 7 heteroatoms. The number of aryl methyl sites for hydroxylation is 1. The first-order valence-corrected chi connectivity index (χ1v) is 7.87. The van der Waals surface area contributed by atoms with Crippen molar-refractivity contribution >= 4 is 17.6 Å². The molecular weight excluding hydrogens is 316 g/mol. The Kier molecular flexibility index (Phi) is 4.54. The molecule has 1 saturated carbocycles. The normalized spacial score (nSPS) is 20.8. The molecule has 3 unspecified atom stereocenters. The Morgan fingerprint density at radius 1 is 1.57 bits per heavy atom. The Balaban J connectivity index is 1.44. The van der Waals surface area contributed by atoms with Crippen LogP contribution in [0.15, 0.2) is 36.7 Å². The van der Waals surface area contributed by atoms with Crippen molar-refractivity contribution in [1.29, 1.82) is 0 Å². The average Bonchev–Trinajstić information content (AvgIpc) is 3.14. The Morgan fingerprint density at radius 2 is 2.39 bits per heavy atom. The Hall–Kier alpha value is -2.05. The number of rotatable bonds is 5. The lowest BCUT2D eigenvalue weighted by Gasteiger charge is -2.11. The van der Waals surface area contributed by atoms with Crippen LogP contribution in [0.4, 0.5) is 4.79 Å². The summed E-state index contributed by atoms with van der Waals surface area (Å²) in [6, 6.07) is 7.53. The van der Waals surface area contributed by atoms with Crippen LogP contribution in [-0.2, 0) is 7.05 Å². The fraction of sp³-hybridized carbons (Fsp3) is 0.375. The minimum absolute atomic E-state index is 0.115. The molecule has 0 saturated heterocycles. The SMILES string of the molecule is Cn1cc(C(O)CNC(=O)NC2CC2c2cccc(Cl)c2)cn1. The molecule has 3 atom stereocenters. The zero-order chi connectivity index (χ0) is 16.4. The topological polar surface area (TPSA) is 79.2 Å². The van der Waals surface area contributed by atoms with Gasteiger partial charge in [0.15, 0.2) is 0 Å². The summed E-state index contributed by atoms with van der Waals surface area (Å²) in [5.41, 5.74) is 1.81. The van der Waals surface area contributed by atoms with E-state index in [1.807, 2.05) is 24.3 Å². The molecule has 2 amide bonds. The molecule has 3 rings (SSSR count). The molecule has 1 aliphatic rings. The first kappa shape index (κ1) is 15.8. The molecule has 1 aliphatic carbocycles. The summed E-state index contributed by atoms with van der Waals surface area (Å²) < 4.78 is 1.61. The molecule has 23 heavy (non-hydrogen) atoms. The van der Waals surface area contributed by atoms with Crippen LogP contribution in [-0.4, -0.2) is 33.5 Å². The highest BCUT2D eigenvalue weighted by Crippen LogP contribution is 2.41. The van der Waals surface area contributed by atoms with Crippen molar-refractivity contribution in [2.45, 2.75) is 24.5 Å². The van der Waals surface area contributed by atoms with Crippen molar-refractivity contribution < 1.29 is 9.90 Å². The number of hydrogen-bond acceptors (Lipinski definition) is 3. The molecule has 0 bridgehead atoms. The van der Waals surface area contributed by atoms with Gasteiger partial charge in [-0.2, -0.15) is 5.10 Å². The van der Waals surface area contributed by atoms with E-state index in [1.54, 1.807) is 24.1 Å². The number of aliphatic hydroxyl groups is 1. The van der Waals surface area contributed by atoms with Crippen LogP contribution in [0.5, 0.6) is 0 Å². The predicted molar refractivity (Wildman–Crippen MR) is 87.3 cm³/mol. The van der Waals surface area contributed by atoms with E-state index in [1.165, 1.54) is 0 Å².